The monoisotopic (exact) mass is 334 g/mol. The van der Waals surface area contributed by atoms with Crippen LogP contribution in [0.15, 0.2) is 18.2 Å². The Hall–Kier alpha value is -1.06. The lowest BCUT2D eigenvalue weighted by Crippen LogP contribution is -2.50. The Kier molecular flexibility index (Phi) is 6.33. The van der Waals surface area contributed by atoms with Gasteiger partial charge in [-0.15, -0.1) is 0 Å². The number of aliphatic hydroxyl groups is 1. The number of rotatable bonds is 5. The predicted molar refractivity (Wildman–Crippen MR) is 101 cm³/mol. The van der Waals surface area contributed by atoms with Gasteiger partial charge in [0.2, 0.25) is 0 Å². The molecule has 0 aliphatic carbocycles. The molecule has 136 valence electrons. The Balaban J connectivity index is 1.97. The van der Waals surface area contributed by atoms with Gasteiger partial charge in [-0.1, -0.05) is 38.5 Å². The molecule has 1 aliphatic rings. The van der Waals surface area contributed by atoms with Gasteiger partial charge in [-0.25, -0.2) is 0 Å². The molecule has 0 aromatic heterocycles. The maximum Gasteiger partial charge on any atom is 0.137 e. The zero-order valence-corrected chi connectivity index (χ0v) is 16.3. The number of benzene rings is 1. The Morgan fingerprint density at radius 1 is 1.12 bits per heavy atom. The first-order valence-electron chi connectivity index (χ1n) is 9.45. The number of nitrogens with zero attached hydrogens (tertiary/aromatic N) is 1. The molecule has 0 spiro atoms. The number of hydrogen-bond acceptors (Lipinski definition) is 2. The molecule has 1 aromatic rings. The van der Waals surface area contributed by atoms with Crippen molar-refractivity contribution in [3.8, 4) is 5.75 Å². The van der Waals surface area contributed by atoms with E-state index < -0.39 is 6.10 Å². The number of likely N-dealkylation sites (N-methyl/N-ethyl adjacent to an activating group) is 1. The first-order valence-corrected chi connectivity index (χ1v) is 9.45. The van der Waals surface area contributed by atoms with Gasteiger partial charge in [-0.3, -0.25) is 0 Å². The van der Waals surface area contributed by atoms with Crippen LogP contribution in [0, 0.1) is 6.92 Å². The second kappa shape index (κ2) is 7.88. The minimum absolute atomic E-state index is 0.0373. The Bertz CT molecular complexity index is 525. The lowest BCUT2D eigenvalue weighted by Gasteiger charge is -2.35. The number of likely N-dealkylation sites (tertiary alicyclic amines) is 1. The highest BCUT2D eigenvalue weighted by Crippen LogP contribution is 2.32. The quantitative estimate of drug-likeness (QED) is 0.823. The highest BCUT2D eigenvalue weighted by atomic mass is 16.5. The fourth-order valence-electron chi connectivity index (χ4n) is 3.74. The number of ether oxygens (including phenoxy) is 1. The largest absolute Gasteiger partial charge is 0.490 e. The standard InChI is InChI=1S/C21H36NO2/c1-17-10-11-20(19(14-17)21(2,3)4)24-16-18(23)15-22(5)12-8-6-7-9-13-22/h10-11,14,18,23H,6-9,12-13,15-16H2,1-5H3/q+1/t18-/m0/s1. The van der Waals surface area contributed by atoms with Gasteiger partial charge in [0.15, 0.2) is 0 Å². The van der Waals surface area contributed by atoms with Gasteiger partial charge in [-0.2, -0.15) is 0 Å². The number of aryl methyl sites for hydroxylation is 1. The molecule has 1 atom stereocenters. The van der Waals surface area contributed by atoms with Crippen molar-refractivity contribution in [1.29, 1.82) is 0 Å². The third-order valence-corrected chi connectivity index (χ3v) is 5.17. The van der Waals surface area contributed by atoms with Crippen LogP contribution in [0.3, 0.4) is 0 Å². The van der Waals surface area contributed by atoms with Crippen molar-refractivity contribution in [2.45, 2.75) is 64.9 Å². The van der Waals surface area contributed by atoms with Crippen LogP contribution in [0.5, 0.6) is 5.75 Å². The maximum atomic E-state index is 10.5. The molecule has 1 aliphatic heterocycles. The summed E-state index contributed by atoms with van der Waals surface area (Å²) >= 11 is 0. The van der Waals surface area contributed by atoms with Crippen LogP contribution in [-0.4, -0.2) is 49.0 Å². The summed E-state index contributed by atoms with van der Waals surface area (Å²) in [5.41, 5.74) is 2.50. The molecule has 3 heteroatoms. The molecule has 0 bridgehead atoms. The fourth-order valence-corrected chi connectivity index (χ4v) is 3.74. The molecule has 1 heterocycles. The molecule has 0 amide bonds. The lowest BCUT2D eigenvalue weighted by atomic mass is 9.85. The van der Waals surface area contributed by atoms with Crippen molar-refractivity contribution in [1.82, 2.24) is 0 Å². The predicted octanol–water partition coefficient (Wildman–Crippen LogP) is 4.05. The molecule has 1 N–H and O–H groups in total. The van der Waals surface area contributed by atoms with Crippen LogP contribution in [-0.2, 0) is 5.41 Å². The van der Waals surface area contributed by atoms with Crippen molar-refractivity contribution in [3.63, 3.8) is 0 Å². The van der Waals surface area contributed by atoms with Gasteiger partial charge in [0.05, 0.1) is 20.1 Å². The molecule has 1 aromatic carbocycles. The summed E-state index contributed by atoms with van der Waals surface area (Å²) in [6.07, 6.45) is 4.80. The zero-order valence-electron chi connectivity index (χ0n) is 16.3. The highest BCUT2D eigenvalue weighted by Gasteiger charge is 2.27. The second-order valence-corrected chi connectivity index (χ2v) is 8.88. The molecular formula is C21H36NO2+. The summed E-state index contributed by atoms with van der Waals surface area (Å²) < 4.78 is 7.01. The van der Waals surface area contributed by atoms with E-state index in [1.165, 1.54) is 49.9 Å². The van der Waals surface area contributed by atoms with Gasteiger partial charge in [0.25, 0.3) is 0 Å². The summed E-state index contributed by atoms with van der Waals surface area (Å²) in [5, 5.41) is 10.5. The summed E-state index contributed by atoms with van der Waals surface area (Å²) in [4.78, 5) is 0. The van der Waals surface area contributed by atoms with Crippen molar-refractivity contribution < 1.29 is 14.3 Å². The van der Waals surface area contributed by atoms with Crippen molar-refractivity contribution in [2.75, 3.05) is 33.3 Å². The van der Waals surface area contributed by atoms with E-state index in [9.17, 15) is 5.11 Å². The maximum absolute atomic E-state index is 10.5. The van der Waals surface area contributed by atoms with Crippen LogP contribution in [0.1, 0.15) is 57.6 Å². The molecule has 1 saturated heterocycles. The van der Waals surface area contributed by atoms with E-state index in [1.54, 1.807) is 0 Å². The zero-order chi connectivity index (χ0) is 17.8. The molecule has 1 fully saturated rings. The summed E-state index contributed by atoms with van der Waals surface area (Å²) in [7, 11) is 2.28. The normalized spacial score (nSPS) is 19.6. The summed E-state index contributed by atoms with van der Waals surface area (Å²) in [5.74, 6) is 0.908. The second-order valence-electron chi connectivity index (χ2n) is 8.88. The topological polar surface area (TPSA) is 29.5 Å². The summed E-state index contributed by atoms with van der Waals surface area (Å²) in [6.45, 7) is 12.2. The lowest BCUT2D eigenvalue weighted by molar-refractivity contribution is -0.911. The van der Waals surface area contributed by atoms with Crippen LogP contribution >= 0.6 is 0 Å². The molecule has 0 saturated carbocycles. The minimum atomic E-state index is -0.415. The van der Waals surface area contributed by atoms with E-state index in [-0.39, 0.29) is 5.41 Å². The van der Waals surface area contributed by atoms with Crippen molar-refractivity contribution in [3.05, 3.63) is 29.3 Å². The van der Waals surface area contributed by atoms with E-state index in [0.717, 1.165) is 16.8 Å². The minimum Gasteiger partial charge on any atom is -0.490 e. The molecule has 3 nitrogen and oxygen atoms in total. The van der Waals surface area contributed by atoms with Crippen LogP contribution in [0.25, 0.3) is 0 Å². The highest BCUT2D eigenvalue weighted by molar-refractivity contribution is 5.41. The van der Waals surface area contributed by atoms with Crippen LogP contribution in [0.4, 0.5) is 0 Å². The average molecular weight is 335 g/mol. The molecule has 0 unspecified atom stereocenters. The van der Waals surface area contributed by atoms with E-state index in [1.807, 2.05) is 6.07 Å². The Labute approximate surface area is 148 Å². The van der Waals surface area contributed by atoms with Crippen LogP contribution in [0.2, 0.25) is 0 Å². The molecule has 2 rings (SSSR count). The van der Waals surface area contributed by atoms with Gasteiger partial charge in [-0.05, 0) is 49.7 Å². The van der Waals surface area contributed by atoms with Gasteiger partial charge >= 0.3 is 0 Å². The molecule has 0 radical (unpaired) electrons. The molecule has 24 heavy (non-hydrogen) atoms. The van der Waals surface area contributed by atoms with Crippen molar-refractivity contribution in [2.24, 2.45) is 0 Å². The van der Waals surface area contributed by atoms with E-state index in [2.05, 4.69) is 46.9 Å². The Morgan fingerprint density at radius 3 is 2.33 bits per heavy atom. The smallest absolute Gasteiger partial charge is 0.137 e. The van der Waals surface area contributed by atoms with Crippen LogP contribution < -0.4 is 4.74 Å². The number of hydrogen-bond donors (Lipinski definition) is 1. The van der Waals surface area contributed by atoms with E-state index >= 15 is 0 Å². The summed E-state index contributed by atoms with van der Waals surface area (Å²) in [6, 6.07) is 6.33. The Morgan fingerprint density at radius 2 is 1.75 bits per heavy atom. The fraction of sp³-hybridized carbons (Fsp3) is 0.714. The third kappa shape index (κ3) is 5.49. The van der Waals surface area contributed by atoms with Gasteiger partial charge in [0.1, 0.15) is 25.0 Å². The first kappa shape index (κ1) is 19.3. The van der Waals surface area contributed by atoms with E-state index in [4.69, 9.17) is 4.74 Å². The average Bonchev–Trinajstić information content (AvgIpc) is 2.69. The SMILES string of the molecule is Cc1ccc(OC[C@@H](O)C[N+]2(C)CCCCCC2)c(C(C)(C)C)c1. The first-order chi connectivity index (χ1) is 11.2. The van der Waals surface area contributed by atoms with Crippen molar-refractivity contribution >= 4 is 0 Å². The number of aliphatic hydroxyl groups excluding tert-OH is 1. The molecular weight excluding hydrogens is 298 g/mol. The van der Waals surface area contributed by atoms with Gasteiger partial charge < -0.3 is 14.3 Å². The number of quaternary nitrogens is 1. The third-order valence-electron chi connectivity index (χ3n) is 5.17. The van der Waals surface area contributed by atoms with Gasteiger partial charge in [0, 0.05) is 0 Å². The van der Waals surface area contributed by atoms with E-state index in [0.29, 0.717) is 6.61 Å².